The van der Waals surface area contributed by atoms with Crippen molar-refractivity contribution in [3.8, 4) is 0 Å². The van der Waals surface area contributed by atoms with Gasteiger partial charge in [-0.2, -0.15) is 0 Å². The van der Waals surface area contributed by atoms with Crippen LogP contribution in [0.25, 0.3) is 0 Å². The maximum absolute atomic E-state index is 5.92. The first-order valence-corrected chi connectivity index (χ1v) is 7.21. The predicted octanol–water partition coefficient (Wildman–Crippen LogP) is 3.71. The number of hydrogen-bond acceptors (Lipinski definition) is 5. The Morgan fingerprint density at radius 2 is 2.28 bits per heavy atom. The lowest BCUT2D eigenvalue weighted by Gasteiger charge is -2.06. The Kier molecular flexibility index (Phi) is 4.94. The van der Waals surface area contributed by atoms with Crippen molar-refractivity contribution in [1.29, 1.82) is 0 Å². The number of anilines is 1. The molecule has 0 spiro atoms. The molecule has 0 amide bonds. The number of rotatable bonds is 5. The summed E-state index contributed by atoms with van der Waals surface area (Å²) in [7, 11) is 1.60. The van der Waals surface area contributed by atoms with E-state index in [0.717, 1.165) is 4.47 Å². The van der Waals surface area contributed by atoms with Gasteiger partial charge in [-0.1, -0.05) is 11.6 Å². The second-order valence-corrected chi connectivity index (χ2v) is 5.81. The highest BCUT2D eigenvalue weighted by Crippen LogP contribution is 2.21. The van der Waals surface area contributed by atoms with Gasteiger partial charge in [0, 0.05) is 27.9 Å². The number of thiophene rings is 1. The van der Waals surface area contributed by atoms with Crippen LogP contribution in [-0.2, 0) is 17.9 Å². The average molecular weight is 349 g/mol. The molecular weight excluding hydrogens is 338 g/mol. The molecule has 18 heavy (non-hydrogen) atoms. The van der Waals surface area contributed by atoms with Crippen molar-refractivity contribution in [2.75, 3.05) is 12.4 Å². The van der Waals surface area contributed by atoms with E-state index in [4.69, 9.17) is 16.3 Å². The van der Waals surface area contributed by atoms with Crippen LogP contribution >= 0.6 is 38.9 Å². The number of nitrogens with one attached hydrogen (secondary N) is 1. The summed E-state index contributed by atoms with van der Waals surface area (Å²) in [6.07, 6.45) is 0. The first kappa shape index (κ1) is 13.7. The van der Waals surface area contributed by atoms with E-state index in [1.54, 1.807) is 24.5 Å². The molecule has 0 aromatic carbocycles. The lowest BCUT2D eigenvalue weighted by molar-refractivity contribution is 0.178. The summed E-state index contributed by atoms with van der Waals surface area (Å²) in [4.78, 5) is 9.59. The maximum atomic E-state index is 5.92. The van der Waals surface area contributed by atoms with Crippen LogP contribution in [0.1, 0.15) is 10.7 Å². The van der Waals surface area contributed by atoms with E-state index in [1.807, 2.05) is 5.38 Å². The highest BCUT2D eigenvalue weighted by molar-refractivity contribution is 9.10. The molecule has 0 fully saturated rings. The van der Waals surface area contributed by atoms with Crippen molar-refractivity contribution >= 4 is 44.7 Å². The van der Waals surface area contributed by atoms with E-state index in [2.05, 4.69) is 37.3 Å². The molecule has 0 atom stereocenters. The fraction of sp³-hybridized carbons (Fsp3) is 0.273. The first-order valence-electron chi connectivity index (χ1n) is 5.16. The zero-order valence-corrected chi connectivity index (χ0v) is 12.8. The molecule has 2 heterocycles. The van der Waals surface area contributed by atoms with Crippen molar-refractivity contribution in [3.05, 3.63) is 37.8 Å². The molecule has 0 saturated carbocycles. The molecule has 2 rings (SSSR count). The maximum Gasteiger partial charge on any atom is 0.158 e. The Morgan fingerprint density at radius 1 is 1.44 bits per heavy atom. The molecular formula is C11H11BrClN3OS. The number of nitrogens with zero attached hydrogens (tertiary/aromatic N) is 2. The molecule has 0 aliphatic heterocycles. The van der Waals surface area contributed by atoms with E-state index in [-0.39, 0.29) is 0 Å². The van der Waals surface area contributed by atoms with E-state index < -0.39 is 0 Å². The largest absolute Gasteiger partial charge is 0.377 e. The smallest absolute Gasteiger partial charge is 0.158 e. The molecule has 2 aromatic rings. The van der Waals surface area contributed by atoms with E-state index in [1.165, 1.54) is 4.88 Å². The van der Waals surface area contributed by atoms with Gasteiger partial charge in [-0.05, 0) is 22.0 Å². The summed E-state index contributed by atoms with van der Waals surface area (Å²) in [5.41, 5.74) is 0. The number of hydrogen-bond donors (Lipinski definition) is 1. The van der Waals surface area contributed by atoms with Gasteiger partial charge in [0.25, 0.3) is 0 Å². The highest BCUT2D eigenvalue weighted by atomic mass is 79.9. The molecule has 0 aliphatic rings. The Bertz CT molecular complexity index is 535. The Labute approximate surface area is 122 Å². The number of ether oxygens (including phenoxy) is 1. The van der Waals surface area contributed by atoms with Gasteiger partial charge in [0.1, 0.15) is 17.6 Å². The Hall–Kier alpha value is -0.690. The van der Waals surface area contributed by atoms with Gasteiger partial charge in [0.2, 0.25) is 0 Å². The average Bonchev–Trinajstić information content (AvgIpc) is 2.72. The monoisotopic (exact) mass is 347 g/mol. The molecule has 0 aliphatic carbocycles. The van der Waals surface area contributed by atoms with Crippen molar-refractivity contribution in [3.63, 3.8) is 0 Å². The molecule has 4 nitrogen and oxygen atoms in total. The second kappa shape index (κ2) is 6.47. The summed E-state index contributed by atoms with van der Waals surface area (Å²) < 4.78 is 6.08. The zero-order valence-electron chi connectivity index (χ0n) is 9.61. The number of methoxy groups -OCH3 is 1. The molecule has 0 saturated heterocycles. The van der Waals surface area contributed by atoms with Crippen LogP contribution in [-0.4, -0.2) is 17.1 Å². The summed E-state index contributed by atoms with van der Waals surface area (Å²) in [5.74, 6) is 1.27. The third-order valence-corrected chi connectivity index (χ3v) is 3.97. The summed E-state index contributed by atoms with van der Waals surface area (Å²) in [5, 5.41) is 5.66. The van der Waals surface area contributed by atoms with Crippen LogP contribution < -0.4 is 5.32 Å². The summed E-state index contributed by atoms with van der Waals surface area (Å²) in [6, 6.07) is 3.76. The minimum absolute atomic E-state index is 0.347. The second-order valence-electron chi connectivity index (χ2n) is 3.51. The summed E-state index contributed by atoms with van der Waals surface area (Å²) in [6.45, 7) is 1.05. The number of aromatic nitrogens is 2. The van der Waals surface area contributed by atoms with Crippen molar-refractivity contribution < 1.29 is 4.74 Å². The van der Waals surface area contributed by atoms with E-state index in [0.29, 0.717) is 29.9 Å². The topological polar surface area (TPSA) is 47.0 Å². The van der Waals surface area contributed by atoms with Crippen molar-refractivity contribution in [1.82, 2.24) is 9.97 Å². The fourth-order valence-corrected chi connectivity index (χ4v) is 2.96. The standard InChI is InChI=1S/C11H11BrClN3OS/c1-17-5-11-15-9(13)3-10(16-11)14-4-8-2-7(12)6-18-8/h2-3,6H,4-5H2,1H3,(H,14,15,16). The zero-order chi connectivity index (χ0) is 13.0. The van der Waals surface area contributed by atoms with Crippen LogP contribution in [0, 0.1) is 0 Å². The molecule has 0 unspecified atom stereocenters. The van der Waals surface area contributed by atoms with Crippen molar-refractivity contribution in [2.45, 2.75) is 13.2 Å². The minimum Gasteiger partial charge on any atom is -0.377 e. The molecule has 1 N–H and O–H groups in total. The van der Waals surface area contributed by atoms with Crippen LogP contribution in [0.3, 0.4) is 0 Å². The van der Waals surface area contributed by atoms with Gasteiger partial charge in [-0.25, -0.2) is 9.97 Å². The molecule has 96 valence electrons. The number of halogens is 2. The Morgan fingerprint density at radius 3 is 2.94 bits per heavy atom. The third kappa shape index (κ3) is 3.91. The molecule has 0 radical (unpaired) electrons. The lowest BCUT2D eigenvalue weighted by Crippen LogP contribution is -2.04. The van der Waals surface area contributed by atoms with Gasteiger partial charge < -0.3 is 10.1 Å². The molecule has 0 bridgehead atoms. The summed E-state index contributed by atoms with van der Waals surface area (Å²) >= 11 is 11.0. The van der Waals surface area contributed by atoms with Gasteiger partial charge in [0.05, 0.1) is 6.54 Å². The lowest BCUT2D eigenvalue weighted by atomic mass is 10.4. The van der Waals surface area contributed by atoms with Gasteiger partial charge in [0.15, 0.2) is 5.82 Å². The van der Waals surface area contributed by atoms with E-state index >= 15 is 0 Å². The van der Waals surface area contributed by atoms with Crippen LogP contribution in [0.15, 0.2) is 22.0 Å². The Balaban J connectivity index is 2.04. The quantitative estimate of drug-likeness (QED) is 0.837. The predicted molar refractivity (Wildman–Crippen MR) is 77.1 cm³/mol. The molecule has 7 heteroatoms. The van der Waals surface area contributed by atoms with Gasteiger partial charge in [-0.15, -0.1) is 11.3 Å². The van der Waals surface area contributed by atoms with Crippen LogP contribution in [0.2, 0.25) is 5.15 Å². The van der Waals surface area contributed by atoms with Gasteiger partial charge in [-0.3, -0.25) is 0 Å². The normalized spacial score (nSPS) is 10.6. The van der Waals surface area contributed by atoms with Crippen LogP contribution in [0.5, 0.6) is 0 Å². The molecule has 2 aromatic heterocycles. The first-order chi connectivity index (χ1) is 8.67. The third-order valence-electron chi connectivity index (χ3n) is 2.08. The van der Waals surface area contributed by atoms with Crippen molar-refractivity contribution in [2.24, 2.45) is 0 Å². The SMILES string of the molecule is COCc1nc(Cl)cc(NCc2cc(Br)cs2)n1. The minimum atomic E-state index is 0.347. The van der Waals surface area contributed by atoms with Gasteiger partial charge >= 0.3 is 0 Å². The fourth-order valence-electron chi connectivity index (χ4n) is 1.37. The van der Waals surface area contributed by atoms with Crippen LogP contribution in [0.4, 0.5) is 5.82 Å². The van der Waals surface area contributed by atoms with E-state index in [9.17, 15) is 0 Å². The highest BCUT2D eigenvalue weighted by Gasteiger charge is 2.04.